The fourth-order valence-electron chi connectivity index (χ4n) is 1.57. The Balaban J connectivity index is 2.89. The summed E-state index contributed by atoms with van der Waals surface area (Å²) in [6.45, 7) is 4.02. The molecule has 0 aliphatic rings. The lowest BCUT2D eigenvalue weighted by Gasteiger charge is -2.11. The smallest absolute Gasteiger partial charge is 0.224 e. The highest BCUT2D eigenvalue weighted by Crippen LogP contribution is 2.19. The summed E-state index contributed by atoms with van der Waals surface area (Å²) in [5, 5.41) is 14.0. The van der Waals surface area contributed by atoms with E-state index in [0.717, 1.165) is 6.42 Å². The highest BCUT2D eigenvalue weighted by Gasteiger charge is 2.15. The third-order valence-corrected chi connectivity index (χ3v) is 2.60. The van der Waals surface area contributed by atoms with Gasteiger partial charge in [-0.1, -0.05) is 25.1 Å². The lowest BCUT2D eigenvalue weighted by molar-refractivity contribution is -0.116. The predicted molar refractivity (Wildman–Crippen MR) is 71.6 cm³/mol. The second-order valence-corrected chi connectivity index (χ2v) is 4.63. The van der Waals surface area contributed by atoms with Crippen molar-refractivity contribution in [2.45, 2.75) is 26.7 Å². The zero-order valence-electron chi connectivity index (χ0n) is 11.0. The van der Waals surface area contributed by atoms with Crippen LogP contribution in [0.25, 0.3) is 0 Å². The SMILES string of the molecule is CC(C)CCC(=O)Nc1cccc(F)c1/C(N)=N/O. The Labute approximate surface area is 111 Å². The molecule has 0 saturated carbocycles. The Hall–Kier alpha value is -2.11. The summed E-state index contributed by atoms with van der Waals surface area (Å²) in [5.74, 6) is -0.859. The summed E-state index contributed by atoms with van der Waals surface area (Å²) in [7, 11) is 0. The van der Waals surface area contributed by atoms with E-state index >= 15 is 0 Å². The number of hydrogen-bond acceptors (Lipinski definition) is 3. The number of hydrogen-bond donors (Lipinski definition) is 3. The van der Waals surface area contributed by atoms with Gasteiger partial charge in [0.1, 0.15) is 5.82 Å². The minimum atomic E-state index is -0.656. The number of nitrogens with two attached hydrogens (primary N) is 1. The molecule has 104 valence electrons. The summed E-state index contributed by atoms with van der Waals surface area (Å²) in [4.78, 5) is 11.7. The average Bonchev–Trinajstić information content (AvgIpc) is 2.36. The molecular weight excluding hydrogens is 249 g/mol. The fourth-order valence-corrected chi connectivity index (χ4v) is 1.57. The Morgan fingerprint density at radius 3 is 2.79 bits per heavy atom. The minimum absolute atomic E-state index is 0.108. The van der Waals surface area contributed by atoms with E-state index in [9.17, 15) is 9.18 Å². The molecule has 1 amide bonds. The first-order valence-corrected chi connectivity index (χ1v) is 6.02. The molecule has 1 rings (SSSR count). The highest BCUT2D eigenvalue weighted by molar-refractivity contribution is 6.05. The van der Waals surface area contributed by atoms with Crippen LogP contribution in [0.5, 0.6) is 0 Å². The Bertz CT molecular complexity index is 487. The van der Waals surface area contributed by atoms with Crippen LogP contribution in [0.15, 0.2) is 23.4 Å². The van der Waals surface area contributed by atoms with Crippen LogP contribution in [-0.2, 0) is 4.79 Å². The van der Waals surface area contributed by atoms with Gasteiger partial charge in [-0.15, -0.1) is 0 Å². The summed E-state index contributed by atoms with van der Waals surface area (Å²) >= 11 is 0. The number of amides is 1. The van der Waals surface area contributed by atoms with Gasteiger partial charge in [0.15, 0.2) is 5.84 Å². The maximum absolute atomic E-state index is 13.6. The molecule has 4 N–H and O–H groups in total. The summed E-state index contributed by atoms with van der Waals surface area (Å²) in [6, 6.07) is 4.13. The van der Waals surface area contributed by atoms with Crippen molar-refractivity contribution in [1.29, 1.82) is 0 Å². The molecular formula is C13H18FN3O2. The molecule has 0 spiro atoms. The molecule has 0 atom stereocenters. The van der Waals surface area contributed by atoms with Gasteiger partial charge in [-0.05, 0) is 24.5 Å². The van der Waals surface area contributed by atoms with Crippen LogP contribution in [0, 0.1) is 11.7 Å². The second kappa shape index (κ2) is 6.72. The van der Waals surface area contributed by atoms with E-state index in [0.29, 0.717) is 12.3 Å². The van der Waals surface area contributed by atoms with Crippen molar-refractivity contribution in [3.05, 3.63) is 29.6 Å². The van der Waals surface area contributed by atoms with Gasteiger partial charge in [0, 0.05) is 6.42 Å². The number of oxime groups is 1. The van der Waals surface area contributed by atoms with Crippen LogP contribution >= 0.6 is 0 Å². The average molecular weight is 267 g/mol. The van der Waals surface area contributed by atoms with Gasteiger partial charge in [0.25, 0.3) is 0 Å². The molecule has 0 fully saturated rings. The quantitative estimate of drug-likeness (QED) is 0.331. The zero-order valence-corrected chi connectivity index (χ0v) is 11.0. The summed E-state index contributed by atoms with van der Waals surface area (Å²) in [5.41, 5.74) is 5.49. The van der Waals surface area contributed by atoms with Crippen molar-refractivity contribution in [2.75, 3.05) is 5.32 Å². The largest absolute Gasteiger partial charge is 0.409 e. The van der Waals surface area contributed by atoms with Crippen molar-refractivity contribution in [2.24, 2.45) is 16.8 Å². The minimum Gasteiger partial charge on any atom is -0.409 e. The molecule has 0 heterocycles. The molecule has 0 aliphatic carbocycles. The number of carbonyl (C=O) groups excluding carboxylic acids is 1. The van der Waals surface area contributed by atoms with Crippen molar-refractivity contribution < 1.29 is 14.4 Å². The number of anilines is 1. The van der Waals surface area contributed by atoms with Crippen LogP contribution in [0.2, 0.25) is 0 Å². The maximum Gasteiger partial charge on any atom is 0.224 e. The van der Waals surface area contributed by atoms with Gasteiger partial charge < -0.3 is 16.3 Å². The summed E-state index contributed by atoms with van der Waals surface area (Å²) < 4.78 is 13.6. The molecule has 0 radical (unpaired) electrons. The van der Waals surface area contributed by atoms with E-state index in [1.807, 2.05) is 13.8 Å². The second-order valence-electron chi connectivity index (χ2n) is 4.63. The van der Waals surface area contributed by atoms with Gasteiger partial charge in [-0.2, -0.15) is 0 Å². The van der Waals surface area contributed by atoms with Crippen molar-refractivity contribution in [1.82, 2.24) is 0 Å². The number of nitrogens with one attached hydrogen (secondary N) is 1. The topological polar surface area (TPSA) is 87.7 Å². The Morgan fingerprint density at radius 1 is 1.53 bits per heavy atom. The number of benzene rings is 1. The number of halogens is 1. The molecule has 6 heteroatoms. The van der Waals surface area contributed by atoms with Crippen LogP contribution in [0.3, 0.4) is 0 Å². The number of rotatable bonds is 5. The molecule has 5 nitrogen and oxygen atoms in total. The lowest BCUT2D eigenvalue weighted by atomic mass is 10.1. The molecule has 0 bridgehead atoms. The standard InChI is InChI=1S/C13H18FN3O2/c1-8(2)6-7-11(18)16-10-5-3-4-9(14)12(10)13(15)17-19/h3-5,8,19H,6-7H2,1-2H3,(H2,15,17)(H,16,18). The monoisotopic (exact) mass is 267 g/mol. The number of carbonyl (C=O) groups is 1. The first-order chi connectivity index (χ1) is 8.95. The number of nitrogens with zero attached hydrogens (tertiary/aromatic N) is 1. The third kappa shape index (κ3) is 4.24. The van der Waals surface area contributed by atoms with E-state index in [-0.39, 0.29) is 23.0 Å². The third-order valence-electron chi connectivity index (χ3n) is 2.60. The molecule has 19 heavy (non-hydrogen) atoms. The molecule has 0 unspecified atom stereocenters. The van der Waals surface area contributed by atoms with Crippen molar-refractivity contribution in [3.63, 3.8) is 0 Å². The van der Waals surface area contributed by atoms with E-state index < -0.39 is 5.82 Å². The molecule has 0 saturated heterocycles. The Kier molecular flexibility index (Phi) is 5.29. The van der Waals surface area contributed by atoms with Gasteiger partial charge in [0.05, 0.1) is 11.3 Å². The van der Waals surface area contributed by atoms with Crippen molar-refractivity contribution in [3.8, 4) is 0 Å². The van der Waals surface area contributed by atoms with E-state index in [1.165, 1.54) is 18.2 Å². The van der Waals surface area contributed by atoms with E-state index in [4.69, 9.17) is 10.9 Å². The number of amidine groups is 1. The van der Waals surface area contributed by atoms with Gasteiger partial charge in [-0.25, -0.2) is 4.39 Å². The van der Waals surface area contributed by atoms with Crippen molar-refractivity contribution >= 4 is 17.4 Å². The maximum atomic E-state index is 13.6. The Morgan fingerprint density at radius 2 is 2.21 bits per heavy atom. The van der Waals surface area contributed by atoms with Crippen LogP contribution in [0.1, 0.15) is 32.3 Å². The van der Waals surface area contributed by atoms with Crippen LogP contribution in [0.4, 0.5) is 10.1 Å². The van der Waals surface area contributed by atoms with E-state index in [1.54, 1.807) is 0 Å². The van der Waals surface area contributed by atoms with E-state index in [2.05, 4.69) is 10.5 Å². The van der Waals surface area contributed by atoms with Crippen LogP contribution < -0.4 is 11.1 Å². The van der Waals surface area contributed by atoms with Gasteiger partial charge in [-0.3, -0.25) is 4.79 Å². The highest BCUT2D eigenvalue weighted by atomic mass is 19.1. The molecule has 0 aliphatic heterocycles. The van der Waals surface area contributed by atoms with Gasteiger partial charge in [0.2, 0.25) is 5.91 Å². The zero-order chi connectivity index (χ0) is 14.4. The van der Waals surface area contributed by atoms with Gasteiger partial charge >= 0.3 is 0 Å². The predicted octanol–water partition coefficient (Wildman–Crippen LogP) is 2.29. The first kappa shape index (κ1) is 14.9. The lowest BCUT2D eigenvalue weighted by Crippen LogP contribution is -2.20. The fraction of sp³-hybridized carbons (Fsp3) is 0.385. The van der Waals surface area contributed by atoms with Crippen LogP contribution in [-0.4, -0.2) is 17.0 Å². The summed E-state index contributed by atoms with van der Waals surface area (Å²) in [6.07, 6.45) is 1.07. The normalized spacial score (nSPS) is 11.7. The molecule has 0 aromatic heterocycles. The molecule has 1 aromatic carbocycles. The molecule has 1 aromatic rings. The first-order valence-electron chi connectivity index (χ1n) is 6.02.